The Labute approximate surface area is 97.2 Å². The summed E-state index contributed by atoms with van der Waals surface area (Å²) in [5.41, 5.74) is 4.40. The molecule has 2 heteroatoms. The number of hydrogen-bond acceptors (Lipinski definition) is 2. The zero-order chi connectivity index (χ0) is 11.7. The van der Waals surface area contributed by atoms with E-state index in [2.05, 4.69) is 30.1 Å². The van der Waals surface area contributed by atoms with Gasteiger partial charge in [-0.15, -0.1) is 11.3 Å². The van der Waals surface area contributed by atoms with E-state index in [9.17, 15) is 0 Å². The molecule has 1 aromatic heterocycles. The Kier molecular flexibility index (Phi) is 7.92. The van der Waals surface area contributed by atoms with Gasteiger partial charge in [-0.3, -0.25) is 0 Å². The van der Waals surface area contributed by atoms with E-state index in [-0.39, 0.29) is 0 Å². The third-order valence-corrected chi connectivity index (χ3v) is 2.60. The number of aryl methyl sites for hydroxylation is 1. The van der Waals surface area contributed by atoms with E-state index < -0.39 is 0 Å². The quantitative estimate of drug-likeness (QED) is 0.669. The molecule has 0 fully saturated rings. The Morgan fingerprint density at radius 2 is 1.80 bits per heavy atom. The van der Waals surface area contributed by atoms with Crippen molar-refractivity contribution in [1.82, 2.24) is 4.98 Å². The third kappa shape index (κ3) is 4.00. The highest BCUT2D eigenvalue weighted by atomic mass is 32.1. The molecule has 0 bridgehead atoms. The largest absolute Gasteiger partial charge is 0.245 e. The van der Waals surface area contributed by atoms with Gasteiger partial charge >= 0.3 is 0 Å². The van der Waals surface area contributed by atoms with E-state index in [4.69, 9.17) is 0 Å². The van der Waals surface area contributed by atoms with Crippen LogP contribution in [0.15, 0.2) is 23.7 Å². The van der Waals surface area contributed by atoms with Gasteiger partial charge in [0.1, 0.15) is 0 Å². The van der Waals surface area contributed by atoms with Crippen LogP contribution in [0.2, 0.25) is 0 Å². The van der Waals surface area contributed by atoms with Crippen LogP contribution in [0, 0.1) is 0 Å². The molecule has 1 nitrogen and oxygen atoms in total. The molecule has 0 aliphatic heterocycles. The summed E-state index contributed by atoms with van der Waals surface area (Å²) in [5.74, 6) is 0. The van der Waals surface area contributed by atoms with E-state index >= 15 is 0 Å². The minimum atomic E-state index is 1.10. The van der Waals surface area contributed by atoms with Crippen LogP contribution in [0.4, 0.5) is 0 Å². The van der Waals surface area contributed by atoms with Crippen LogP contribution in [0.5, 0.6) is 0 Å². The van der Waals surface area contributed by atoms with Gasteiger partial charge in [-0.05, 0) is 24.1 Å². The number of rotatable bonds is 1. The highest BCUT2D eigenvalue weighted by Crippen LogP contribution is 2.18. The van der Waals surface area contributed by atoms with Crippen LogP contribution in [-0.2, 0) is 6.42 Å². The second kappa shape index (κ2) is 8.42. The van der Waals surface area contributed by atoms with Gasteiger partial charge in [-0.2, -0.15) is 0 Å². The second-order valence-electron chi connectivity index (χ2n) is 2.51. The standard InChI is InChI=1S/C9H9NS.2C2H6/c1-2-7-3-4-8-9(5-7)11-6-10-8;2*1-2/h3-6H,2H2,1H3;2*1-2H3. The molecular formula is C13H21NS. The molecule has 0 radical (unpaired) electrons. The summed E-state index contributed by atoms with van der Waals surface area (Å²) in [6, 6.07) is 6.44. The van der Waals surface area contributed by atoms with Gasteiger partial charge in [-0.1, -0.05) is 40.7 Å². The summed E-state index contributed by atoms with van der Waals surface area (Å²) in [6.07, 6.45) is 1.10. The lowest BCUT2D eigenvalue weighted by atomic mass is 10.2. The lowest BCUT2D eigenvalue weighted by molar-refractivity contribution is 1.15. The van der Waals surface area contributed by atoms with Crippen molar-refractivity contribution in [2.75, 3.05) is 0 Å². The van der Waals surface area contributed by atoms with E-state index in [0.717, 1.165) is 11.9 Å². The maximum absolute atomic E-state index is 4.21. The molecule has 15 heavy (non-hydrogen) atoms. The number of hydrogen-bond donors (Lipinski definition) is 0. The van der Waals surface area contributed by atoms with Gasteiger partial charge in [-0.25, -0.2) is 4.98 Å². The first-order valence-corrected chi connectivity index (χ1v) is 6.60. The number of aromatic nitrogens is 1. The van der Waals surface area contributed by atoms with Crippen molar-refractivity contribution >= 4 is 21.6 Å². The summed E-state index contributed by atoms with van der Waals surface area (Å²) in [4.78, 5) is 4.21. The van der Waals surface area contributed by atoms with Gasteiger partial charge in [0.15, 0.2) is 0 Å². The molecule has 1 aromatic carbocycles. The first-order valence-electron chi connectivity index (χ1n) is 5.72. The summed E-state index contributed by atoms with van der Waals surface area (Å²) in [7, 11) is 0. The molecule has 2 aromatic rings. The predicted molar refractivity (Wildman–Crippen MR) is 71.7 cm³/mol. The zero-order valence-corrected chi connectivity index (χ0v) is 11.2. The van der Waals surface area contributed by atoms with Crippen LogP contribution < -0.4 is 0 Å². The maximum atomic E-state index is 4.21. The maximum Gasteiger partial charge on any atom is 0.0812 e. The second-order valence-corrected chi connectivity index (χ2v) is 3.39. The fourth-order valence-corrected chi connectivity index (χ4v) is 1.86. The molecule has 0 atom stereocenters. The molecule has 1 heterocycles. The lowest BCUT2D eigenvalue weighted by Gasteiger charge is -1.93. The number of fused-ring (bicyclic) bond motifs is 1. The molecule has 2 rings (SSSR count). The fourth-order valence-electron chi connectivity index (χ4n) is 1.12. The molecular weight excluding hydrogens is 202 g/mol. The van der Waals surface area contributed by atoms with Crippen molar-refractivity contribution in [2.24, 2.45) is 0 Å². The van der Waals surface area contributed by atoms with Crippen LogP contribution in [-0.4, -0.2) is 4.98 Å². The van der Waals surface area contributed by atoms with Crippen LogP contribution >= 0.6 is 11.3 Å². The number of benzene rings is 1. The van der Waals surface area contributed by atoms with Crippen molar-refractivity contribution in [3.05, 3.63) is 29.3 Å². The van der Waals surface area contributed by atoms with Crippen LogP contribution in [0.25, 0.3) is 10.2 Å². The van der Waals surface area contributed by atoms with Gasteiger partial charge in [0, 0.05) is 0 Å². The average Bonchev–Trinajstić information content (AvgIpc) is 2.81. The van der Waals surface area contributed by atoms with Gasteiger partial charge < -0.3 is 0 Å². The first kappa shape index (κ1) is 14.1. The monoisotopic (exact) mass is 223 g/mol. The van der Waals surface area contributed by atoms with E-state index in [1.54, 1.807) is 11.3 Å². The van der Waals surface area contributed by atoms with Crippen molar-refractivity contribution in [1.29, 1.82) is 0 Å². The normalized spacial score (nSPS) is 8.60. The summed E-state index contributed by atoms with van der Waals surface area (Å²) in [6.45, 7) is 10.2. The highest BCUT2D eigenvalue weighted by Gasteiger charge is 1.95. The smallest absolute Gasteiger partial charge is 0.0812 e. The molecule has 0 spiro atoms. The summed E-state index contributed by atoms with van der Waals surface area (Å²) in [5, 5.41) is 0. The van der Waals surface area contributed by atoms with Gasteiger partial charge in [0.05, 0.1) is 15.7 Å². The Morgan fingerprint density at radius 1 is 1.13 bits per heavy atom. The van der Waals surface area contributed by atoms with Crippen LogP contribution in [0.3, 0.4) is 0 Å². The molecule has 84 valence electrons. The predicted octanol–water partition coefficient (Wildman–Crippen LogP) is 4.91. The molecule has 0 aliphatic rings. The Balaban J connectivity index is 0.000000442. The average molecular weight is 223 g/mol. The molecule has 0 amide bonds. The minimum Gasteiger partial charge on any atom is -0.245 e. The number of nitrogens with zero attached hydrogens (tertiary/aromatic N) is 1. The fraction of sp³-hybridized carbons (Fsp3) is 0.462. The van der Waals surface area contributed by atoms with Crippen LogP contribution in [0.1, 0.15) is 40.2 Å². The highest BCUT2D eigenvalue weighted by molar-refractivity contribution is 7.16. The molecule has 0 saturated carbocycles. The van der Waals surface area contributed by atoms with Gasteiger partial charge in [0.2, 0.25) is 0 Å². The topological polar surface area (TPSA) is 12.9 Å². The minimum absolute atomic E-state index is 1.10. The van der Waals surface area contributed by atoms with E-state index in [0.29, 0.717) is 0 Å². The van der Waals surface area contributed by atoms with Gasteiger partial charge in [0.25, 0.3) is 0 Å². The SMILES string of the molecule is CC.CC.CCc1ccc2ncsc2c1. The zero-order valence-electron chi connectivity index (χ0n) is 10.4. The summed E-state index contributed by atoms with van der Waals surface area (Å²) >= 11 is 1.71. The van der Waals surface area contributed by atoms with Crippen molar-refractivity contribution in [3.8, 4) is 0 Å². The molecule has 0 saturated heterocycles. The van der Waals surface area contributed by atoms with E-state index in [1.165, 1.54) is 10.3 Å². The molecule has 0 aliphatic carbocycles. The van der Waals surface area contributed by atoms with Crippen molar-refractivity contribution in [3.63, 3.8) is 0 Å². The Hall–Kier alpha value is -0.890. The Bertz CT molecular complexity index is 365. The lowest BCUT2D eigenvalue weighted by Crippen LogP contribution is -1.76. The van der Waals surface area contributed by atoms with E-state index in [1.807, 2.05) is 33.2 Å². The Morgan fingerprint density at radius 3 is 2.40 bits per heavy atom. The summed E-state index contributed by atoms with van der Waals surface area (Å²) < 4.78 is 1.30. The first-order chi connectivity index (χ1) is 7.40. The van der Waals surface area contributed by atoms with Crippen molar-refractivity contribution < 1.29 is 0 Å². The third-order valence-electron chi connectivity index (χ3n) is 1.80. The number of thiazole rings is 1. The molecule has 0 unspecified atom stereocenters. The van der Waals surface area contributed by atoms with Crippen molar-refractivity contribution in [2.45, 2.75) is 41.0 Å². The molecule has 0 N–H and O–H groups in total.